The predicted octanol–water partition coefficient (Wildman–Crippen LogP) is 9.56. The number of thioether (sulfide) groups is 2. The van der Waals surface area contributed by atoms with Gasteiger partial charge in [-0.05, 0) is 153 Å². The molecule has 0 aliphatic carbocycles. The molecule has 0 saturated heterocycles. The van der Waals surface area contributed by atoms with E-state index in [1.165, 1.54) is 48.6 Å². The third kappa shape index (κ3) is 20.9. The molecule has 0 fully saturated rings. The van der Waals surface area contributed by atoms with Crippen LogP contribution >= 0.6 is 23.5 Å². The second kappa shape index (κ2) is 35.0. The van der Waals surface area contributed by atoms with Crippen LogP contribution < -0.4 is 25.4 Å². The number of carboxylic acid groups (broad SMARTS) is 2. The zero-order valence-electron chi connectivity index (χ0n) is 51.4. The van der Waals surface area contributed by atoms with Gasteiger partial charge in [-0.25, -0.2) is 13.2 Å². The smallest absolute Gasteiger partial charge is 0.547 e. The summed E-state index contributed by atoms with van der Waals surface area (Å²) in [6, 6.07) is 40.8. The molecule has 3 atom stereocenters. The first-order chi connectivity index (χ1) is 43.1. The molecule has 2 N–H and O–H groups in total. The molecule has 1 aliphatic heterocycles. The molecule has 16 nitrogen and oxygen atoms in total. The third-order valence-electron chi connectivity index (χ3n) is 14.7. The molecule has 3 aromatic heterocycles. The SMILES string of the molecule is CCO[C@@H](Cc1ccc(OCCn2c(C)ccc2-c2ccc(SC)cc2)cc1)C(=O)[O-].CCO[C@@H](Cc1ccc(OCCn2c(C)ccc2-c2ccc(SC)cc2)cc1)C(=O)[O-].N[C@@H](CC(=O)N1CCn2c(nnc2C(F)(F)F)C1)Cc1cc(F)c(F)cc1F.[Mg+2]. The van der Waals surface area contributed by atoms with Crippen molar-refractivity contribution < 1.29 is 69.9 Å². The van der Waals surface area contributed by atoms with Crippen LogP contribution in [0.1, 0.15) is 60.0 Å². The van der Waals surface area contributed by atoms with E-state index in [0.717, 1.165) is 40.3 Å². The molecular weight excluding hydrogens is 1240 g/mol. The topological polar surface area (TPSA) is 204 Å². The number of nitrogens with zero attached hydrogens (tertiary/aromatic N) is 6. The zero-order chi connectivity index (χ0) is 65.1. The average Bonchev–Trinajstić information content (AvgIpc) is 1.78. The van der Waals surface area contributed by atoms with Crippen LogP contribution in [0.5, 0.6) is 11.5 Å². The molecule has 4 heterocycles. The maximum absolute atomic E-state index is 13.7. The number of aromatic nitrogens is 5. The summed E-state index contributed by atoms with van der Waals surface area (Å²) >= 11 is 3.47. The van der Waals surface area contributed by atoms with Crippen molar-refractivity contribution in [3.8, 4) is 34.0 Å². The van der Waals surface area contributed by atoms with Gasteiger partial charge in [-0.15, -0.1) is 33.7 Å². The van der Waals surface area contributed by atoms with Crippen LogP contribution in [0.15, 0.2) is 143 Å². The van der Waals surface area contributed by atoms with E-state index >= 15 is 0 Å². The van der Waals surface area contributed by atoms with Crippen molar-refractivity contribution in [2.24, 2.45) is 5.73 Å². The Hall–Kier alpha value is -7.26. The zero-order valence-corrected chi connectivity index (χ0v) is 54.4. The van der Waals surface area contributed by atoms with E-state index in [1.807, 2.05) is 48.5 Å². The van der Waals surface area contributed by atoms with Crippen molar-refractivity contribution in [3.63, 3.8) is 0 Å². The van der Waals surface area contributed by atoms with Crippen LogP contribution in [0, 0.1) is 31.3 Å². The Balaban J connectivity index is 0.000000216. The Kier molecular flexibility index (Phi) is 28.0. The van der Waals surface area contributed by atoms with Crippen molar-refractivity contribution >= 4 is 64.4 Å². The fourth-order valence-electron chi connectivity index (χ4n) is 9.97. The predicted molar refractivity (Wildman–Crippen MR) is 334 cm³/mol. The molecule has 0 unspecified atom stereocenters. The summed E-state index contributed by atoms with van der Waals surface area (Å²) in [6.07, 6.45) is -2.27. The minimum atomic E-state index is -4.64. The molecule has 25 heteroatoms. The second-order valence-corrected chi connectivity index (χ2v) is 22.6. The molecule has 0 spiro atoms. The van der Waals surface area contributed by atoms with Gasteiger partial charge in [0.25, 0.3) is 0 Å². The van der Waals surface area contributed by atoms with Crippen LogP contribution in [-0.2, 0) is 75.5 Å². The number of hydrogen-bond acceptors (Lipinski definition) is 14. The molecule has 1 amide bonds. The normalized spacial score (nSPS) is 12.9. The van der Waals surface area contributed by atoms with Gasteiger partial charge in [0.2, 0.25) is 11.7 Å². The molecule has 8 aromatic rings. The fraction of sp³-hybridized carbons (Fsp3) is 0.348. The number of benzene rings is 5. The van der Waals surface area contributed by atoms with E-state index in [-0.39, 0.29) is 79.8 Å². The standard InChI is InChI=1S/2C25H29NO4S.C16H15F6N5O.Mg/c2*1-4-29-24(25(27)28)17-19-6-10-21(11-7-19)30-16-15-26-18(2)5-14-23(26)20-8-12-22(31-3)13-9-20;17-10-6-12(19)11(18)4-8(10)3-9(23)5-14(28)26-1-2-27-13(7-26)24-25-15(27)16(20,21)22;/h2*5-14,24H,4,15-17H2,1-3H3,(H,27,28);4,6,9H,1-3,5,7,23H2;/q;;;+2/p-2/t2*24-;9-;/m001./s1. The largest absolute Gasteiger partial charge is 2.00 e. The van der Waals surface area contributed by atoms with E-state index in [1.54, 1.807) is 37.4 Å². The summed E-state index contributed by atoms with van der Waals surface area (Å²) in [5, 5.41) is 28.9. The summed E-state index contributed by atoms with van der Waals surface area (Å²) in [5.74, 6) is -6.03. The number of amides is 1. The number of hydrogen-bond donors (Lipinski definition) is 1. The molecule has 91 heavy (non-hydrogen) atoms. The van der Waals surface area contributed by atoms with Crippen LogP contribution in [0.2, 0.25) is 0 Å². The molecule has 0 saturated carbocycles. The number of carbonyl (C=O) groups excluding carboxylic acids is 3. The molecular formula is C66H71F6MgN7O9S2. The summed E-state index contributed by atoms with van der Waals surface area (Å²) in [4.78, 5) is 38.4. The van der Waals surface area contributed by atoms with Gasteiger partial charge >= 0.3 is 29.2 Å². The number of nitrogens with two attached hydrogens (primary N) is 1. The minimum absolute atomic E-state index is 0. The Bertz CT molecular complexity index is 3470. The molecule has 0 radical (unpaired) electrons. The fourth-order valence-corrected chi connectivity index (χ4v) is 10.8. The molecule has 5 aromatic carbocycles. The van der Waals surface area contributed by atoms with E-state index < -0.39 is 65.5 Å². The van der Waals surface area contributed by atoms with Crippen LogP contribution in [-0.4, -0.2) is 133 Å². The van der Waals surface area contributed by atoms with Crippen LogP contribution in [0.3, 0.4) is 0 Å². The Morgan fingerprint density at radius 3 is 1.48 bits per heavy atom. The number of ether oxygens (including phenoxy) is 4. The van der Waals surface area contributed by atoms with Gasteiger partial charge in [-0.1, -0.05) is 48.5 Å². The van der Waals surface area contributed by atoms with E-state index in [4.69, 9.17) is 24.7 Å². The monoisotopic (exact) mass is 1310 g/mol. The van der Waals surface area contributed by atoms with Gasteiger partial charge in [-0.3, -0.25) is 4.79 Å². The van der Waals surface area contributed by atoms with E-state index in [9.17, 15) is 50.9 Å². The number of fused-ring (bicyclic) bond motifs is 1. The van der Waals surface area contributed by atoms with Gasteiger partial charge in [-0.2, -0.15) is 13.2 Å². The van der Waals surface area contributed by atoms with Gasteiger partial charge in [0, 0.05) is 90.2 Å². The maximum Gasteiger partial charge on any atom is 2.00 e. The molecule has 0 bridgehead atoms. The van der Waals surface area contributed by atoms with Crippen molar-refractivity contribution in [1.82, 2.24) is 28.8 Å². The Labute approximate surface area is 549 Å². The number of carbonyl (C=O) groups is 3. The summed E-state index contributed by atoms with van der Waals surface area (Å²) in [7, 11) is 0. The quantitative estimate of drug-likeness (QED) is 0.0232. The van der Waals surface area contributed by atoms with Crippen molar-refractivity contribution in [2.45, 2.75) is 114 Å². The molecule has 9 rings (SSSR count). The van der Waals surface area contributed by atoms with Crippen molar-refractivity contribution in [3.05, 3.63) is 191 Å². The number of aliphatic carboxylic acids is 2. The number of alkyl halides is 3. The first kappa shape index (κ1) is 72.8. The first-order valence-electron chi connectivity index (χ1n) is 28.9. The molecule has 1 aliphatic rings. The minimum Gasteiger partial charge on any atom is -0.547 e. The van der Waals surface area contributed by atoms with Crippen molar-refractivity contribution in [1.29, 1.82) is 0 Å². The Morgan fingerprint density at radius 2 is 1.07 bits per heavy atom. The summed E-state index contributed by atoms with van der Waals surface area (Å²) in [5.41, 5.74) is 14.5. The molecule has 480 valence electrons. The average molecular weight is 1310 g/mol. The van der Waals surface area contributed by atoms with E-state index in [0.29, 0.717) is 38.6 Å². The maximum atomic E-state index is 13.7. The second-order valence-electron chi connectivity index (χ2n) is 20.8. The van der Waals surface area contributed by atoms with Gasteiger partial charge in [0.05, 0.1) is 31.6 Å². The third-order valence-corrected chi connectivity index (χ3v) is 16.1. The number of aryl methyl sites for hydroxylation is 2. The van der Waals surface area contributed by atoms with Crippen molar-refractivity contribution in [2.75, 3.05) is 45.5 Å². The van der Waals surface area contributed by atoms with E-state index in [2.05, 4.69) is 118 Å². The number of halogens is 6. The summed E-state index contributed by atoms with van der Waals surface area (Å²) in [6.45, 7) is 10.6. The van der Waals surface area contributed by atoms with Gasteiger partial charge in [0.15, 0.2) is 17.5 Å². The summed E-state index contributed by atoms with van der Waals surface area (Å²) < 4.78 is 106. The Morgan fingerprint density at radius 1 is 0.615 bits per heavy atom. The number of carboxylic acids is 2. The van der Waals surface area contributed by atoms with Crippen LogP contribution in [0.4, 0.5) is 26.3 Å². The van der Waals surface area contributed by atoms with Gasteiger partial charge in [0.1, 0.15) is 42.7 Å². The number of rotatable bonds is 26. The first-order valence-corrected chi connectivity index (χ1v) is 31.4. The van der Waals surface area contributed by atoms with Gasteiger partial charge < -0.3 is 63.1 Å². The van der Waals surface area contributed by atoms with Crippen LogP contribution in [0.25, 0.3) is 22.5 Å².